The first-order valence-corrected chi connectivity index (χ1v) is 13.9. The number of benzene rings is 1. The normalized spacial score (nSPS) is 24.5. The summed E-state index contributed by atoms with van der Waals surface area (Å²) in [4.78, 5) is 24.1. The largest absolute Gasteiger partial charge is 0.480 e. The van der Waals surface area contributed by atoms with Gasteiger partial charge < -0.3 is 10.0 Å². The first-order valence-electron chi connectivity index (χ1n) is 13.9. The molecule has 0 spiro atoms. The standard InChI is InChI=1S/C29H37F3N4O2/c30-24-4-1-3-22(16-24)25-19-36(26(27(37)38)15-21-5-6-21)18-23(25)17-35-13-8-20(9-14-35)7-10-29(31,32)28-33-11-2-12-34-28/h1-4,11-12,16,20-21,23,25-26H,5-10,13-15,17-19H2,(H,37,38)/t23-,25?,26+/m0/s1. The van der Waals surface area contributed by atoms with Crippen molar-refractivity contribution in [1.29, 1.82) is 0 Å². The molecule has 3 aliphatic rings. The van der Waals surface area contributed by atoms with Crippen molar-refractivity contribution in [3.63, 3.8) is 0 Å². The molecule has 0 amide bonds. The van der Waals surface area contributed by atoms with Gasteiger partial charge in [0.25, 0.3) is 0 Å². The topological polar surface area (TPSA) is 69.6 Å². The number of aliphatic carboxylic acids is 1. The number of nitrogens with zero attached hydrogens (tertiary/aromatic N) is 4. The summed E-state index contributed by atoms with van der Waals surface area (Å²) < 4.78 is 43.1. The number of piperidine rings is 1. The average molecular weight is 531 g/mol. The van der Waals surface area contributed by atoms with Gasteiger partial charge in [0, 0.05) is 44.4 Å². The predicted octanol–water partition coefficient (Wildman–Crippen LogP) is 5.17. The van der Waals surface area contributed by atoms with Gasteiger partial charge in [-0.1, -0.05) is 25.0 Å². The highest BCUT2D eigenvalue weighted by Gasteiger charge is 2.42. The van der Waals surface area contributed by atoms with Gasteiger partial charge in [-0.05, 0) is 80.3 Å². The molecule has 3 heterocycles. The fourth-order valence-electron chi connectivity index (χ4n) is 6.31. The van der Waals surface area contributed by atoms with Gasteiger partial charge in [0.1, 0.15) is 11.9 Å². The number of aromatic nitrogens is 2. The number of halogens is 3. The molecule has 0 bridgehead atoms. The van der Waals surface area contributed by atoms with E-state index in [0.717, 1.165) is 50.9 Å². The van der Waals surface area contributed by atoms with Crippen LogP contribution < -0.4 is 0 Å². The summed E-state index contributed by atoms with van der Waals surface area (Å²) in [7, 11) is 0. The monoisotopic (exact) mass is 530 g/mol. The van der Waals surface area contributed by atoms with E-state index in [9.17, 15) is 23.1 Å². The molecule has 1 saturated carbocycles. The summed E-state index contributed by atoms with van der Waals surface area (Å²) in [5.74, 6) is -3.49. The highest BCUT2D eigenvalue weighted by Crippen LogP contribution is 2.40. The zero-order valence-electron chi connectivity index (χ0n) is 21.7. The first-order chi connectivity index (χ1) is 18.3. The quantitative estimate of drug-likeness (QED) is 0.432. The molecule has 2 aliphatic heterocycles. The Morgan fingerprint density at radius 1 is 1.05 bits per heavy atom. The minimum absolute atomic E-state index is 0.0639. The van der Waals surface area contributed by atoms with Crippen molar-refractivity contribution in [3.05, 3.63) is 59.9 Å². The van der Waals surface area contributed by atoms with Gasteiger partial charge >= 0.3 is 11.9 Å². The molecular weight excluding hydrogens is 493 g/mol. The molecule has 9 heteroatoms. The average Bonchev–Trinajstić information content (AvgIpc) is 3.65. The molecule has 1 aromatic carbocycles. The molecule has 0 radical (unpaired) electrons. The molecule has 2 saturated heterocycles. The second-order valence-corrected chi connectivity index (χ2v) is 11.5. The molecule has 1 unspecified atom stereocenters. The van der Waals surface area contributed by atoms with Crippen LogP contribution in [0.25, 0.3) is 0 Å². The Labute approximate surface area is 222 Å². The van der Waals surface area contributed by atoms with Crippen LogP contribution in [-0.2, 0) is 10.7 Å². The molecule has 3 atom stereocenters. The molecule has 206 valence electrons. The fourth-order valence-corrected chi connectivity index (χ4v) is 6.31. The van der Waals surface area contributed by atoms with Crippen LogP contribution >= 0.6 is 0 Å². The van der Waals surface area contributed by atoms with Crippen LogP contribution in [0.5, 0.6) is 0 Å². The number of carbonyl (C=O) groups is 1. The predicted molar refractivity (Wildman–Crippen MR) is 137 cm³/mol. The van der Waals surface area contributed by atoms with Crippen molar-refractivity contribution in [2.24, 2.45) is 17.8 Å². The molecule has 2 aromatic rings. The van der Waals surface area contributed by atoms with Gasteiger partial charge in [-0.2, -0.15) is 8.78 Å². The zero-order chi connectivity index (χ0) is 26.7. The zero-order valence-corrected chi connectivity index (χ0v) is 21.7. The summed E-state index contributed by atoms with van der Waals surface area (Å²) in [6.07, 6.45) is 7.48. The second-order valence-electron chi connectivity index (χ2n) is 11.5. The van der Waals surface area contributed by atoms with Crippen molar-refractivity contribution in [2.75, 3.05) is 32.7 Å². The van der Waals surface area contributed by atoms with E-state index in [1.165, 1.54) is 24.5 Å². The van der Waals surface area contributed by atoms with E-state index < -0.39 is 23.8 Å². The fraction of sp³-hybridized carbons (Fsp3) is 0.621. The number of hydrogen-bond acceptors (Lipinski definition) is 5. The molecule has 1 aromatic heterocycles. The van der Waals surface area contributed by atoms with Crippen LogP contribution in [0.2, 0.25) is 0 Å². The first kappa shape index (κ1) is 27.1. The van der Waals surface area contributed by atoms with Crippen molar-refractivity contribution < 1.29 is 23.1 Å². The minimum atomic E-state index is -3.02. The van der Waals surface area contributed by atoms with Crippen LogP contribution in [0.4, 0.5) is 13.2 Å². The Balaban J connectivity index is 1.18. The summed E-state index contributed by atoms with van der Waals surface area (Å²) >= 11 is 0. The lowest BCUT2D eigenvalue weighted by molar-refractivity contribution is -0.143. The third-order valence-electron chi connectivity index (χ3n) is 8.68. The molecule has 1 N–H and O–H groups in total. The van der Waals surface area contributed by atoms with Crippen LogP contribution in [0.1, 0.15) is 62.3 Å². The second kappa shape index (κ2) is 11.7. The number of rotatable bonds is 11. The molecule has 5 rings (SSSR count). The molecule has 6 nitrogen and oxygen atoms in total. The number of carboxylic acids is 1. The summed E-state index contributed by atoms with van der Waals surface area (Å²) in [5.41, 5.74) is 0.924. The summed E-state index contributed by atoms with van der Waals surface area (Å²) in [6, 6.07) is 7.74. The van der Waals surface area contributed by atoms with E-state index in [1.54, 1.807) is 12.1 Å². The summed E-state index contributed by atoms with van der Waals surface area (Å²) in [6.45, 7) is 3.75. The Kier molecular flexibility index (Phi) is 8.33. The Morgan fingerprint density at radius 3 is 2.45 bits per heavy atom. The smallest absolute Gasteiger partial charge is 0.320 e. The third-order valence-corrected chi connectivity index (χ3v) is 8.68. The number of alkyl halides is 2. The maximum atomic E-state index is 14.5. The van der Waals surface area contributed by atoms with Crippen LogP contribution in [0, 0.1) is 23.6 Å². The highest BCUT2D eigenvalue weighted by atomic mass is 19.3. The number of likely N-dealkylation sites (tertiary alicyclic amines) is 2. The van der Waals surface area contributed by atoms with Crippen LogP contribution in [0.3, 0.4) is 0 Å². The lowest BCUT2D eigenvalue weighted by Gasteiger charge is -2.35. The van der Waals surface area contributed by atoms with Crippen molar-refractivity contribution in [1.82, 2.24) is 19.8 Å². The SMILES string of the molecule is O=C(O)[C@@H](CC1CC1)N1CC(c2cccc(F)c2)[C@@H](CN2CCC(CCC(F)(F)c3ncccn3)CC2)C1. The van der Waals surface area contributed by atoms with E-state index in [0.29, 0.717) is 31.8 Å². The van der Waals surface area contributed by atoms with Crippen molar-refractivity contribution >= 4 is 5.97 Å². The van der Waals surface area contributed by atoms with Crippen LogP contribution in [0.15, 0.2) is 42.7 Å². The number of hydrogen-bond donors (Lipinski definition) is 1. The lowest BCUT2D eigenvalue weighted by Crippen LogP contribution is -2.42. The maximum absolute atomic E-state index is 14.5. The maximum Gasteiger partial charge on any atom is 0.320 e. The Hall–Kier alpha value is -2.52. The van der Waals surface area contributed by atoms with E-state index >= 15 is 0 Å². The van der Waals surface area contributed by atoms with E-state index in [1.807, 2.05) is 6.07 Å². The molecular formula is C29H37F3N4O2. The third kappa shape index (κ3) is 6.72. The van der Waals surface area contributed by atoms with Crippen molar-refractivity contribution in [2.45, 2.75) is 62.8 Å². The summed E-state index contributed by atoms with van der Waals surface area (Å²) in [5, 5.41) is 9.96. The lowest BCUT2D eigenvalue weighted by atomic mass is 9.86. The van der Waals surface area contributed by atoms with Crippen LogP contribution in [-0.4, -0.2) is 69.6 Å². The van der Waals surface area contributed by atoms with Gasteiger partial charge in [0.15, 0.2) is 5.82 Å². The van der Waals surface area contributed by atoms with Gasteiger partial charge in [0.05, 0.1) is 0 Å². The van der Waals surface area contributed by atoms with Gasteiger partial charge in [-0.3, -0.25) is 9.69 Å². The van der Waals surface area contributed by atoms with E-state index in [-0.39, 0.29) is 30.0 Å². The van der Waals surface area contributed by atoms with Gasteiger partial charge in [-0.15, -0.1) is 0 Å². The van der Waals surface area contributed by atoms with E-state index in [2.05, 4.69) is 19.8 Å². The minimum Gasteiger partial charge on any atom is -0.480 e. The van der Waals surface area contributed by atoms with E-state index in [4.69, 9.17) is 0 Å². The highest BCUT2D eigenvalue weighted by molar-refractivity contribution is 5.73. The molecule has 3 fully saturated rings. The molecule has 1 aliphatic carbocycles. The Bertz CT molecular complexity index is 1080. The Morgan fingerprint density at radius 2 is 1.79 bits per heavy atom. The van der Waals surface area contributed by atoms with Gasteiger partial charge in [0.2, 0.25) is 0 Å². The number of carboxylic acid groups (broad SMARTS) is 1. The van der Waals surface area contributed by atoms with Gasteiger partial charge in [-0.25, -0.2) is 14.4 Å². The van der Waals surface area contributed by atoms with Crippen molar-refractivity contribution in [3.8, 4) is 0 Å². The molecule has 38 heavy (non-hydrogen) atoms.